The molecule has 29 heavy (non-hydrogen) atoms. The lowest BCUT2D eigenvalue weighted by molar-refractivity contribution is -0.384. The van der Waals surface area contributed by atoms with Crippen LogP contribution in [-0.4, -0.2) is 34.1 Å². The van der Waals surface area contributed by atoms with Crippen LogP contribution in [0.2, 0.25) is 0 Å². The normalized spacial score (nSPS) is 18.6. The first-order valence-corrected chi connectivity index (χ1v) is 9.27. The lowest BCUT2D eigenvalue weighted by Gasteiger charge is -2.21. The summed E-state index contributed by atoms with van der Waals surface area (Å²) in [7, 11) is 3.37. The Morgan fingerprint density at radius 1 is 1.28 bits per heavy atom. The van der Waals surface area contributed by atoms with Gasteiger partial charge in [-0.25, -0.2) is 0 Å². The highest BCUT2D eigenvalue weighted by molar-refractivity contribution is 7.80. The van der Waals surface area contributed by atoms with Crippen molar-refractivity contribution in [1.82, 2.24) is 15.2 Å². The first-order valence-electron chi connectivity index (χ1n) is 8.86. The monoisotopic (exact) mass is 410 g/mol. The van der Waals surface area contributed by atoms with Crippen molar-refractivity contribution in [2.24, 2.45) is 0 Å². The molecule has 1 aromatic carbocycles. The van der Waals surface area contributed by atoms with Crippen molar-refractivity contribution in [3.63, 3.8) is 0 Å². The maximum absolute atomic E-state index is 11.0. The van der Waals surface area contributed by atoms with Gasteiger partial charge in [-0.2, -0.15) is 0 Å². The van der Waals surface area contributed by atoms with Crippen LogP contribution < -0.4 is 10.1 Å². The number of furan rings is 1. The number of aromatic nitrogens is 1. The van der Waals surface area contributed by atoms with Gasteiger partial charge in [0.1, 0.15) is 23.3 Å². The van der Waals surface area contributed by atoms with Gasteiger partial charge in [0.05, 0.1) is 35.4 Å². The number of nitro benzene ring substituents is 1. The average molecular weight is 410 g/mol. The molecule has 4 rings (SSSR count). The second-order valence-electron chi connectivity index (χ2n) is 6.58. The van der Waals surface area contributed by atoms with Crippen molar-refractivity contribution >= 4 is 23.0 Å². The van der Waals surface area contributed by atoms with Crippen LogP contribution >= 0.6 is 12.2 Å². The summed E-state index contributed by atoms with van der Waals surface area (Å²) in [6, 6.07) is 13.5. The Morgan fingerprint density at radius 3 is 2.79 bits per heavy atom. The third kappa shape index (κ3) is 3.40. The Labute approximate surface area is 172 Å². The van der Waals surface area contributed by atoms with E-state index in [2.05, 4.69) is 10.3 Å². The highest BCUT2D eigenvalue weighted by Crippen LogP contribution is 2.41. The molecular formula is C20H18N4O4S. The lowest BCUT2D eigenvalue weighted by Crippen LogP contribution is -2.24. The van der Waals surface area contributed by atoms with Crippen LogP contribution in [0, 0.1) is 10.1 Å². The fourth-order valence-electron chi connectivity index (χ4n) is 3.47. The van der Waals surface area contributed by atoms with E-state index in [9.17, 15) is 10.1 Å². The number of non-ortho nitro benzene ring substituents is 1. The minimum atomic E-state index is -0.461. The number of ether oxygens (including phenoxy) is 1. The Balaban J connectivity index is 1.71. The molecule has 1 aliphatic heterocycles. The SMILES string of the molecule is COc1cc([N+](=O)[O-])ccc1-c1ccc(C2C(c3ccccn3)NC(=S)N2C)o1. The van der Waals surface area contributed by atoms with E-state index >= 15 is 0 Å². The second kappa shape index (κ2) is 7.51. The van der Waals surface area contributed by atoms with E-state index in [0.717, 1.165) is 5.69 Å². The standard InChI is InChI=1S/C20H18N4O4S/c1-23-19(18(22-20(23)29)14-5-3-4-10-21-14)16-9-8-15(28-16)13-7-6-12(24(25)26)11-17(13)27-2/h3-11,18-19H,1-2H3,(H,22,29). The maximum Gasteiger partial charge on any atom is 0.273 e. The molecule has 148 valence electrons. The Bertz CT molecular complexity index is 1070. The number of nitrogens with zero attached hydrogens (tertiary/aromatic N) is 3. The molecule has 8 nitrogen and oxygen atoms in total. The molecule has 2 aromatic heterocycles. The van der Waals surface area contributed by atoms with Crippen molar-refractivity contribution in [1.29, 1.82) is 0 Å². The van der Waals surface area contributed by atoms with E-state index in [-0.39, 0.29) is 17.8 Å². The molecule has 9 heteroatoms. The van der Waals surface area contributed by atoms with E-state index in [4.69, 9.17) is 21.4 Å². The molecule has 3 aromatic rings. The number of nitro groups is 1. The molecule has 3 heterocycles. The van der Waals surface area contributed by atoms with E-state index in [0.29, 0.717) is 27.9 Å². The van der Waals surface area contributed by atoms with E-state index in [1.54, 1.807) is 12.3 Å². The summed E-state index contributed by atoms with van der Waals surface area (Å²) < 4.78 is 11.5. The molecule has 0 radical (unpaired) electrons. The van der Waals surface area contributed by atoms with Crippen molar-refractivity contribution < 1.29 is 14.1 Å². The molecular weight excluding hydrogens is 392 g/mol. The summed E-state index contributed by atoms with van der Waals surface area (Å²) >= 11 is 5.44. The van der Waals surface area contributed by atoms with Gasteiger partial charge in [-0.1, -0.05) is 6.07 Å². The molecule has 2 unspecified atom stereocenters. The van der Waals surface area contributed by atoms with Crippen molar-refractivity contribution in [2.75, 3.05) is 14.2 Å². The number of rotatable bonds is 5. The van der Waals surface area contributed by atoms with Crippen molar-refractivity contribution in [3.05, 3.63) is 76.3 Å². The zero-order valence-corrected chi connectivity index (χ0v) is 16.6. The second-order valence-corrected chi connectivity index (χ2v) is 6.97. The number of benzene rings is 1. The average Bonchev–Trinajstić information content (AvgIpc) is 3.33. The number of hydrogen-bond donors (Lipinski definition) is 1. The summed E-state index contributed by atoms with van der Waals surface area (Å²) in [6.07, 6.45) is 1.74. The van der Waals surface area contributed by atoms with E-state index < -0.39 is 4.92 Å². The quantitative estimate of drug-likeness (QED) is 0.385. The minimum Gasteiger partial charge on any atom is -0.496 e. The molecule has 0 spiro atoms. The number of nitrogens with one attached hydrogen (secondary N) is 1. The molecule has 1 N–H and O–H groups in total. The van der Waals surface area contributed by atoms with Gasteiger partial charge in [-0.05, 0) is 42.5 Å². The number of thiocarbonyl (C=S) groups is 1. The Kier molecular flexibility index (Phi) is 4.89. The number of likely N-dealkylation sites (N-methyl/N-ethyl adjacent to an activating group) is 1. The van der Waals surface area contributed by atoms with Gasteiger partial charge in [0.25, 0.3) is 5.69 Å². The van der Waals surface area contributed by atoms with Gasteiger partial charge < -0.3 is 19.4 Å². The number of hydrogen-bond acceptors (Lipinski definition) is 6. The van der Waals surface area contributed by atoms with Crippen LogP contribution in [-0.2, 0) is 0 Å². The van der Waals surface area contributed by atoms with Gasteiger partial charge in [0, 0.05) is 19.3 Å². The first kappa shape index (κ1) is 18.9. The number of methoxy groups -OCH3 is 1. The Morgan fingerprint density at radius 2 is 2.10 bits per heavy atom. The fraction of sp³-hybridized carbons (Fsp3) is 0.200. The summed E-state index contributed by atoms with van der Waals surface area (Å²) in [6.45, 7) is 0. The van der Waals surface area contributed by atoms with Crippen LogP contribution in [0.3, 0.4) is 0 Å². The summed E-state index contributed by atoms with van der Waals surface area (Å²) in [5.41, 5.74) is 1.45. The molecule has 1 aliphatic rings. The fourth-order valence-corrected chi connectivity index (χ4v) is 3.71. The van der Waals surface area contributed by atoms with Crippen molar-refractivity contribution in [2.45, 2.75) is 12.1 Å². The number of pyridine rings is 1. The molecule has 2 atom stereocenters. The van der Waals surface area contributed by atoms with Gasteiger partial charge >= 0.3 is 0 Å². The first-order chi connectivity index (χ1) is 14.0. The van der Waals surface area contributed by atoms with E-state index in [1.807, 2.05) is 42.3 Å². The third-order valence-corrected chi connectivity index (χ3v) is 5.32. The summed E-state index contributed by atoms with van der Waals surface area (Å²) in [5.74, 6) is 1.62. The zero-order valence-electron chi connectivity index (χ0n) is 15.7. The highest BCUT2D eigenvalue weighted by atomic mass is 32.1. The minimum absolute atomic E-state index is 0.0438. The van der Waals surface area contributed by atoms with Crippen LogP contribution in [0.25, 0.3) is 11.3 Å². The molecule has 1 saturated heterocycles. The zero-order chi connectivity index (χ0) is 20.5. The van der Waals surface area contributed by atoms with Gasteiger partial charge in [0.15, 0.2) is 5.11 Å². The predicted octanol–water partition coefficient (Wildman–Crippen LogP) is 3.86. The van der Waals surface area contributed by atoms with Crippen LogP contribution in [0.4, 0.5) is 5.69 Å². The largest absolute Gasteiger partial charge is 0.496 e. The summed E-state index contributed by atoms with van der Waals surface area (Å²) in [5, 5.41) is 14.9. The molecule has 0 aliphatic carbocycles. The molecule has 0 bridgehead atoms. The van der Waals surface area contributed by atoms with Gasteiger partial charge in [-0.3, -0.25) is 15.1 Å². The van der Waals surface area contributed by atoms with Crippen molar-refractivity contribution in [3.8, 4) is 17.1 Å². The lowest BCUT2D eigenvalue weighted by atomic mass is 10.0. The van der Waals surface area contributed by atoms with Crippen LogP contribution in [0.15, 0.2) is 59.1 Å². The van der Waals surface area contributed by atoms with Gasteiger partial charge in [0.2, 0.25) is 0 Å². The molecule has 0 amide bonds. The van der Waals surface area contributed by atoms with Crippen LogP contribution in [0.5, 0.6) is 5.75 Å². The maximum atomic E-state index is 11.0. The predicted molar refractivity (Wildman–Crippen MR) is 111 cm³/mol. The highest BCUT2D eigenvalue weighted by Gasteiger charge is 2.39. The topological polar surface area (TPSA) is 93.7 Å². The third-order valence-electron chi connectivity index (χ3n) is 4.92. The summed E-state index contributed by atoms with van der Waals surface area (Å²) in [4.78, 5) is 17.0. The Hall–Kier alpha value is -3.46. The smallest absolute Gasteiger partial charge is 0.273 e. The molecule has 1 fully saturated rings. The molecule has 0 saturated carbocycles. The van der Waals surface area contributed by atoms with Crippen LogP contribution in [0.1, 0.15) is 23.5 Å². The van der Waals surface area contributed by atoms with Gasteiger partial charge in [-0.15, -0.1) is 0 Å². The van der Waals surface area contributed by atoms with E-state index in [1.165, 1.54) is 19.2 Å².